The van der Waals surface area contributed by atoms with Gasteiger partial charge in [0, 0.05) is 7.05 Å². The molecule has 0 aliphatic heterocycles. The third kappa shape index (κ3) is 2.15. The molecule has 0 bridgehead atoms. The van der Waals surface area contributed by atoms with E-state index in [1.165, 1.54) is 11.3 Å². The van der Waals surface area contributed by atoms with Crippen LogP contribution >= 0.6 is 11.3 Å². The van der Waals surface area contributed by atoms with Gasteiger partial charge >= 0.3 is 0 Å². The smallest absolute Gasteiger partial charge is 0.298 e. The summed E-state index contributed by atoms with van der Waals surface area (Å²) < 4.78 is 6.35. The second-order valence-corrected chi connectivity index (χ2v) is 5.88. The Balaban J connectivity index is 1.67. The summed E-state index contributed by atoms with van der Waals surface area (Å²) >= 11 is 1.39. The Morgan fingerprint density at radius 1 is 1.23 bits per heavy atom. The van der Waals surface area contributed by atoms with Gasteiger partial charge in [-0.25, -0.2) is 4.98 Å². The third-order valence-corrected chi connectivity index (χ3v) is 4.26. The van der Waals surface area contributed by atoms with Crippen molar-refractivity contribution in [2.24, 2.45) is 0 Å². The topological polar surface area (TPSA) is 75.0 Å². The maximum absolute atomic E-state index is 12.0. The van der Waals surface area contributed by atoms with Crippen molar-refractivity contribution in [3.8, 4) is 0 Å². The summed E-state index contributed by atoms with van der Waals surface area (Å²) in [5.41, 5.74) is 2.15. The number of aromatic amines is 1. The summed E-state index contributed by atoms with van der Waals surface area (Å²) in [6.45, 7) is 0.411. The minimum atomic E-state index is -0.110. The van der Waals surface area contributed by atoms with Crippen molar-refractivity contribution in [3.05, 3.63) is 51.9 Å². The van der Waals surface area contributed by atoms with E-state index in [0.29, 0.717) is 23.1 Å². The van der Waals surface area contributed by atoms with E-state index in [0.717, 1.165) is 16.6 Å². The number of hydrogen-bond donors (Lipinski definition) is 1. The summed E-state index contributed by atoms with van der Waals surface area (Å²) in [5.74, 6) is 0.584. The summed E-state index contributed by atoms with van der Waals surface area (Å²) in [6.07, 6.45) is 0. The Labute approximate surface area is 129 Å². The highest BCUT2D eigenvalue weighted by atomic mass is 32.1. The highest BCUT2D eigenvalue weighted by molar-refractivity contribution is 7.17. The third-order valence-electron chi connectivity index (χ3n) is 3.36. The molecule has 0 fully saturated rings. The van der Waals surface area contributed by atoms with Crippen LogP contribution in [0.25, 0.3) is 21.3 Å². The first-order valence-corrected chi connectivity index (χ1v) is 7.62. The monoisotopic (exact) mass is 312 g/mol. The number of benzene rings is 1. The molecule has 7 heteroatoms. The van der Waals surface area contributed by atoms with E-state index in [9.17, 15) is 4.79 Å². The summed E-state index contributed by atoms with van der Waals surface area (Å²) in [4.78, 5) is 25.5. The second-order valence-electron chi connectivity index (χ2n) is 4.97. The van der Waals surface area contributed by atoms with Crippen LogP contribution in [0.4, 0.5) is 6.01 Å². The summed E-state index contributed by atoms with van der Waals surface area (Å²) in [7, 11) is 1.85. The molecular weight excluding hydrogens is 300 g/mol. The van der Waals surface area contributed by atoms with Gasteiger partial charge in [0.25, 0.3) is 11.6 Å². The van der Waals surface area contributed by atoms with Gasteiger partial charge in [-0.3, -0.25) is 4.79 Å². The lowest BCUT2D eigenvalue weighted by atomic mass is 10.3. The number of anilines is 1. The molecule has 0 aliphatic rings. The Kier molecular flexibility index (Phi) is 2.93. The van der Waals surface area contributed by atoms with Gasteiger partial charge in [0.2, 0.25) is 0 Å². The van der Waals surface area contributed by atoms with Gasteiger partial charge in [0.05, 0.1) is 12.1 Å². The van der Waals surface area contributed by atoms with Crippen molar-refractivity contribution in [1.29, 1.82) is 0 Å². The van der Waals surface area contributed by atoms with Crippen LogP contribution in [0.1, 0.15) is 5.82 Å². The zero-order valence-corrected chi connectivity index (χ0v) is 12.6. The van der Waals surface area contributed by atoms with Gasteiger partial charge in [-0.05, 0) is 23.6 Å². The molecule has 0 amide bonds. The lowest BCUT2D eigenvalue weighted by molar-refractivity contribution is 0.578. The highest BCUT2D eigenvalue weighted by Crippen LogP contribution is 2.21. The molecule has 1 N–H and O–H groups in total. The predicted octanol–water partition coefficient (Wildman–Crippen LogP) is 2.76. The number of H-pyrrole nitrogens is 1. The number of oxazole rings is 1. The molecule has 22 heavy (non-hydrogen) atoms. The predicted molar refractivity (Wildman–Crippen MR) is 86.4 cm³/mol. The zero-order valence-electron chi connectivity index (χ0n) is 11.7. The number of fused-ring (bicyclic) bond motifs is 2. The first-order valence-electron chi connectivity index (χ1n) is 6.74. The maximum atomic E-state index is 12.0. The fourth-order valence-electron chi connectivity index (χ4n) is 2.31. The van der Waals surface area contributed by atoms with E-state index in [2.05, 4.69) is 15.0 Å². The average molecular weight is 312 g/mol. The number of nitrogens with zero attached hydrogens (tertiary/aromatic N) is 3. The van der Waals surface area contributed by atoms with Crippen molar-refractivity contribution in [2.75, 3.05) is 11.9 Å². The molecule has 110 valence electrons. The second kappa shape index (κ2) is 4.96. The van der Waals surface area contributed by atoms with Gasteiger partial charge in [0.1, 0.15) is 16.0 Å². The van der Waals surface area contributed by atoms with Crippen LogP contribution in [0.3, 0.4) is 0 Å². The zero-order chi connectivity index (χ0) is 15.1. The van der Waals surface area contributed by atoms with Crippen molar-refractivity contribution in [2.45, 2.75) is 6.54 Å². The molecule has 0 saturated heterocycles. The number of rotatable bonds is 3. The van der Waals surface area contributed by atoms with E-state index in [1.807, 2.05) is 47.7 Å². The molecule has 0 saturated carbocycles. The maximum Gasteiger partial charge on any atom is 0.298 e. The van der Waals surface area contributed by atoms with Crippen LogP contribution in [0.2, 0.25) is 0 Å². The Morgan fingerprint density at radius 2 is 2.09 bits per heavy atom. The number of nitrogens with one attached hydrogen (secondary N) is 1. The minimum Gasteiger partial charge on any atom is -0.423 e. The van der Waals surface area contributed by atoms with Crippen LogP contribution in [-0.4, -0.2) is 22.0 Å². The fraction of sp³-hybridized carbons (Fsp3) is 0.133. The van der Waals surface area contributed by atoms with Crippen molar-refractivity contribution >= 4 is 38.7 Å². The van der Waals surface area contributed by atoms with Crippen LogP contribution in [0.5, 0.6) is 0 Å². The van der Waals surface area contributed by atoms with Crippen molar-refractivity contribution in [1.82, 2.24) is 15.0 Å². The van der Waals surface area contributed by atoms with Crippen LogP contribution in [0.15, 0.2) is 44.9 Å². The molecule has 0 atom stereocenters. The molecule has 3 aromatic heterocycles. The minimum absolute atomic E-state index is 0.110. The molecule has 0 spiro atoms. The van der Waals surface area contributed by atoms with Gasteiger partial charge < -0.3 is 14.3 Å². The Hall–Kier alpha value is -2.67. The molecule has 6 nitrogen and oxygen atoms in total. The number of aromatic nitrogens is 3. The van der Waals surface area contributed by atoms with Crippen LogP contribution < -0.4 is 10.5 Å². The molecule has 0 aliphatic carbocycles. The van der Waals surface area contributed by atoms with Crippen molar-refractivity contribution < 1.29 is 4.42 Å². The SMILES string of the molecule is CN(Cc1nc2ccsc2c(=O)[nH]1)c1nc2ccccc2o1. The van der Waals surface area contributed by atoms with E-state index in [4.69, 9.17) is 4.42 Å². The standard InChI is InChI=1S/C15H12N4O2S/c1-19(15-17-9-4-2-3-5-11(9)21-15)8-12-16-10-6-7-22-13(10)14(20)18-12/h2-7H,8H2,1H3,(H,16,18,20). The highest BCUT2D eigenvalue weighted by Gasteiger charge is 2.12. The lowest BCUT2D eigenvalue weighted by Gasteiger charge is -2.13. The number of hydrogen-bond acceptors (Lipinski definition) is 6. The molecule has 4 rings (SSSR count). The van der Waals surface area contributed by atoms with Gasteiger partial charge in [-0.15, -0.1) is 11.3 Å². The van der Waals surface area contributed by atoms with Gasteiger partial charge in [0.15, 0.2) is 5.58 Å². The molecule has 0 radical (unpaired) electrons. The molecule has 3 heterocycles. The first kappa shape index (κ1) is 13.0. The van der Waals surface area contributed by atoms with E-state index < -0.39 is 0 Å². The van der Waals surface area contributed by atoms with E-state index >= 15 is 0 Å². The average Bonchev–Trinajstić information content (AvgIpc) is 3.13. The van der Waals surface area contributed by atoms with Gasteiger partial charge in [-0.1, -0.05) is 12.1 Å². The fourth-order valence-corrected chi connectivity index (χ4v) is 3.04. The first-order chi connectivity index (χ1) is 10.7. The number of para-hydroxylation sites is 2. The normalized spacial score (nSPS) is 11.3. The molecule has 0 unspecified atom stereocenters. The Bertz CT molecular complexity index is 984. The van der Waals surface area contributed by atoms with Crippen LogP contribution in [-0.2, 0) is 6.54 Å². The summed E-state index contributed by atoms with van der Waals surface area (Å²) in [6, 6.07) is 9.93. The van der Waals surface area contributed by atoms with Crippen LogP contribution in [0, 0.1) is 0 Å². The largest absolute Gasteiger partial charge is 0.423 e. The quantitative estimate of drug-likeness (QED) is 0.629. The molecule has 4 aromatic rings. The van der Waals surface area contributed by atoms with E-state index in [1.54, 1.807) is 0 Å². The number of thiophene rings is 1. The molecule has 1 aromatic carbocycles. The van der Waals surface area contributed by atoms with Gasteiger partial charge in [-0.2, -0.15) is 4.98 Å². The molecular formula is C15H12N4O2S. The Morgan fingerprint density at radius 3 is 2.95 bits per heavy atom. The lowest BCUT2D eigenvalue weighted by Crippen LogP contribution is -2.21. The summed E-state index contributed by atoms with van der Waals surface area (Å²) in [5, 5.41) is 1.86. The van der Waals surface area contributed by atoms with E-state index in [-0.39, 0.29) is 5.56 Å². The van der Waals surface area contributed by atoms with Crippen molar-refractivity contribution in [3.63, 3.8) is 0 Å².